The number of hydrogen-bond acceptors (Lipinski definition) is 6. The number of para-hydroxylation sites is 1. The molecule has 0 aliphatic carbocycles. The van der Waals surface area contributed by atoms with Gasteiger partial charge in [-0.2, -0.15) is 0 Å². The van der Waals surface area contributed by atoms with E-state index in [2.05, 4.69) is 5.32 Å². The molecule has 2 amide bonds. The topological polar surface area (TPSA) is 97.7 Å². The fourth-order valence-electron chi connectivity index (χ4n) is 5.07. The maximum atomic E-state index is 13.8. The van der Waals surface area contributed by atoms with E-state index in [1.54, 1.807) is 24.3 Å². The lowest BCUT2D eigenvalue weighted by Gasteiger charge is -2.15. The summed E-state index contributed by atoms with van der Waals surface area (Å²) in [7, 11) is 1.44. The van der Waals surface area contributed by atoms with Gasteiger partial charge in [-0.3, -0.25) is 23.7 Å². The number of methoxy groups -OCH3 is 1. The molecule has 0 saturated carbocycles. The number of Topliss-reactive ketones (excluding diaryl/α,β-unsaturated/α-hetero) is 1. The van der Waals surface area contributed by atoms with Crippen LogP contribution in [0.4, 0.5) is 0 Å². The summed E-state index contributed by atoms with van der Waals surface area (Å²) in [5, 5.41) is 4.05. The van der Waals surface area contributed by atoms with E-state index in [0.29, 0.717) is 52.1 Å². The molecule has 5 rings (SSSR count). The fourth-order valence-corrected chi connectivity index (χ4v) is 6.28. The maximum Gasteiger partial charge on any atom is 0.265 e. The lowest BCUT2D eigenvalue weighted by molar-refractivity contribution is -0.129. The van der Waals surface area contributed by atoms with Gasteiger partial charge < -0.3 is 15.0 Å². The number of rotatable bonds is 8. The summed E-state index contributed by atoms with van der Waals surface area (Å²) in [6.45, 7) is 3.48. The average Bonchev–Trinajstić information content (AvgIpc) is 3.59. The molecule has 4 aromatic rings. The molecule has 3 heterocycles. The number of carbonyl (C=O) groups excluding carboxylic acids is 3. The van der Waals surface area contributed by atoms with E-state index < -0.39 is 0 Å². The second-order valence-corrected chi connectivity index (χ2v) is 10.4. The van der Waals surface area contributed by atoms with Gasteiger partial charge in [0.05, 0.1) is 23.9 Å². The van der Waals surface area contributed by atoms with Crippen molar-refractivity contribution in [1.29, 1.82) is 0 Å². The first-order valence-electron chi connectivity index (χ1n) is 12.7. The predicted octanol–water partition coefficient (Wildman–Crippen LogP) is 4.10. The molecule has 1 aliphatic rings. The number of carbonyl (C=O) groups is 3. The van der Waals surface area contributed by atoms with E-state index in [1.165, 1.54) is 23.0 Å². The first kappa shape index (κ1) is 25.7. The third-order valence-corrected chi connectivity index (χ3v) is 8.27. The fraction of sp³-hybridized carbons (Fsp3) is 0.310. The summed E-state index contributed by atoms with van der Waals surface area (Å²) in [6, 6.07) is 16.2. The van der Waals surface area contributed by atoms with Crippen LogP contribution in [-0.4, -0.2) is 53.8 Å². The monoisotopic (exact) mass is 531 g/mol. The number of benzene rings is 2. The van der Waals surface area contributed by atoms with Gasteiger partial charge in [-0.05, 0) is 18.4 Å². The maximum absolute atomic E-state index is 13.8. The highest BCUT2D eigenvalue weighted by molar-refractivity contribution is 7.22. The highest BCUT2D eigenvalue weighted by atomic mass is 32.1. The van der Waals surface area contributed by atoms with Crippen molar-refractivity contribution in [3.63, 3.8) is 0 Å². The van der Waals surface area contributed by atoms with Crippen molar-refractivity contribution < 1.29 is 19.1 Å². The normalized spacial score (nSPS) is 15.2. The van der Waals surface area contributed by atoms with Gasteiger partial charge >= 0.3 is 0 Å². The Kier molecular flexibility index (Phi) is 7.28. The molecule has 0 spiro atoms. The van der Waals surface area contributed by atoms with Crippen molar-refractivity contribution in [3.8, 4) is 5.75 Å². The zero-order valence-electron chi connectivity index (χ0n) is 21.4. The smallest absolute Gasteiger partial charge is 0.265 e. The number of ketones is 1. The Balaban J connectivity index is 1.49. The molecule has 1 saturated heterocycles. The molecule has 2 aromatic carbocycles. The SMILES string of the molecule is CCC(=O)N1CCC(CNC(=O)c2sc3c(c2OC)c(=O)n(CC(=O)c2ccccc2)c2ccccc32)C1. The first-order chi connectivity index (χ1) is 18.4. The Labute approximate surface area is 223 Å². The van der Waals surface area contributed by atoms with Crippen LogP contribution in [0.2, 0.25) is 0 Å². The number of ether oxygens (including phenoxy) is 1. The molecular formula is C29H29N3O5S. The molecule has 0 bridgehead atoms. The number of fused-ring (bicyclic) bond motifs is 3. The molecule has 0 radical (unpaired) electrons. The molecule has 1 N–H and O–H groups in total. The molecule has 1 unspecified atom stereocenters. The highest BCUT2D eigenvalue weighted by Crippen LogP contribution is 2.39. The predicted molar refractivity (Wildman–Crippen MR) is 148 cm³/mol. The highest BCUT2D eigenvalue weighted by Gasteiger charge is 2.28. The third-order valence-electron chi connectivity index (χ3n) is 7.06. The zero-order valence-corrected chi connectivity index (χ0v) is 22.2. The number of pyridine rings is 1. The average molecular weight is 532 g/mol. The van der Waals surface area contributed by atoms with E-state index in [1.807, 2.05) is 42.2 Å². The minimum absolute atomic E-state index is 0.124. The molecule has 1 aliphatic heterocycles. The van der Waals surface area contributed by atoms with Crippen LogP contribution in [0.25, 0.3) is 21.0 Å². The van der Waals surface area contributed by atoms with Gasteiger partial charge in [0.15, 0.2) is 11.5 Å². The molecule has 1 fully saturated rings. The van der Waals surface area contributed by atoms with Crippen molar-refractivity contribution in [3.05, 3.63) is 75.4 Å². The quantitative estimate of drug-likeness (QED) is 0.346. The van der Waals surface area contributed by atoms with Crippen molar-refractivity contribution in [1.82, 2.24) is 14.8 Å². The number of nitrogens with zero attached hydrogens (tertiary/aromatic N) is 2. The van der Waals surface area contributed by atoms with Crippen LogP contribution < -0.4 is 15.6 Å². The summed E-state index contributed by atoms with van der Waals surface area (Å²) in [5.41, 5.74) is 0.767. The van der Waals surface area contributed by atoms with Crippen LogP contribution in [0.3, 0.4) is 0 Å². The minimum Gasteiger partial charge on any atom is -0.494 e. The first-order valence-corrected chi connectivity index (χ1v) is 13.5. The van der Waals surface area contributed by atoms with Gasteiger partial charge in [-0.15, -0.1) is 11.3 Å². The summed E-state index contributed by atoms with van der Waals surface area (Å²) in [6.07, 6.45) is 1.31. The second-order valence-electron chi connectivity index (χ2n) is 9.42. The molecule has 1 atom stereocenters. The van der Waals surface area contributed by atoms with Crippen molar-refractivity contribution in [2.75, 3.05) is 26.7 Å². The van der Waals surface area contributed by atoms with Gasteiger partial charge in [0, 0.05) is 37.0 Å². The van der Waals surface area contributed by atoms with Gasteiger partial charge in [0.25, 0.3) is 11.5 Å². The van der Waals surface area contributed by atoms with Crippen LogP contribution in [0.1, 0.15) is 39.8 Å². The Hall–Kier alpha value is -3.98. The van der Waals surface area contributed by atoms with Crippen LogP contribution in [0.15, 0.2) is 59.4 Å². The number of likely N-dealkylation sites (tertiary alicyclic amines) is 1. The Morgan fingerprint density at radius 3 is 2.55 bits per heavy atom. The zero-order chi connectivity index (χ0) is 26.8. The summed E-state index contributed by atoms with van der Waals surface area (Å²) < 4.78 is 7.74. The van der Waals surface area contributed by atoms with Gasteiger partial charge in [0.2, 0.25) is 5.91 Å². The summed E-state index contributed by atoms with van der Waals surface area (Å²) in [4.78, 5) is 54.3. The van der Waals surface area contributed by atoms with Crippen molar-refractivity contribution in [2.45, 2.75) is 26.3 Å². The second kappa shape index (κ2) is 10.8. The Bertz CT molecular complexity index is 1590. The van der Waals surface area contributed by atoms with Crippen LogP contribution in [-0.2, 0) is 11.3 Å². The number of aromatic nitrogens is 1. The Morgan fingerprint density at radius 2 is 1.82 bits per heavy atom. The molecular weight excluding hydrogens is 502 g/mol. The summed E-state index contributed by atoms with van der Waals surface area (Å²) in [5.74, 6) is 0.0133. The van der Waals surface area contributed by atoms with E-state index in [9.17, 15) is 19.2 Å². The van der Waals surface area contributed by atoms with Gasteiger partial charge in [-0.25, -0.2) is 0 Å². The molecule has 9 heteroatoms. The summed E-state index contributed by atoms with van der Waals surface area (Å²) >= 11 is 1.22. The number of amides is 2. The van der Waals surface area contributed by atoms with E-state index in [0.717, 1.165) is 11.8 Å². The Morgan fingerprint density at radius 1 is 1.08 bits per heavy atom. The van der Waals surface area contributed by atoms with E-state index in [4.69, 9.17) is 4.74 Å². The molecule has 8 nitrogen and oxygen atoms in total. The van der Waals surface area contributed by atoms with Gasteiger partial charge in [-0.1, -0.05) is 55.5 Å². The van der Waals surface area contributed by atoms with Gasteiger partial charge in [0.1, 0.15) is 10.3 Å². The van der Waals surface area contributed by atoms with E-state index in [-0.39, 0.29) is 41.4 Å². The van der Waals surface area contributed by atoms with Crippen LogP contribution >= 0.6 is 11.3 Å². The number of thiophene rings is 1. The third kappa shape index (κ3) is 4.69. The van der Waals surface area contributed by atoms with Crippen molar-refractivity contribution in [2.24, 2.45) is 5.92 Å². The molecule has 38 heavy (non-hydrogen) atoms. The minimum atomic E-state index is -0.375. The largest absolute Gasteiger partial charge is 0.494 e. The lowest BCUT2D eigenvalue weighted by Crippen LogP contribution is -2.32. The lowest BCUT2D eigenvalue weighted by atomic mass is 10.1. The van der Waals surface area contributed by atoms with Crippen molar-refractivity contribution >= 4 is 49.9 Å². The van der Waals surface area contributed by atoms with E-state index >= 15 is 0 Å². The van der Waals surface area contributed by atoms with Crippen LogP contribution in [0, 0.1) is 5.92 Å². The van der Waals surface area contributed by atoms with Crippen LogP contribution in [0.5, 0.6) is 5.75 Å². The number of hydrogen-bond donors (Lipinski definition) is 1. The standard InChI is InChI=1S/C29H29N3O5S/c1-3-23(34)31-14-13-18(16-31)15-30-28(35)27-25(37-2)24-26(38-27)20-11-7-8-12-21(20)32(29(24)36)17-22(33)19-9-5-4-6-10-19/h4-12,18H,3,13-17H2,1-2H3,(H,30,35). The number of nitrogens with one attached hydrogen (secondary N) is 1. The molecule has 2 aromatic heterocycles. The molecule has 196 valence electrons.